The number of anilines is 1. The third-order valence-corrected chi connectivity index (χ3v) is 6.17. The smallest absolute Gasteiger partial charge is 0.261 e. The Balaban J connectivity index is 1.75. The van der Waals surface area contributed by atoms with Gasteiger partial charge in [0.15, 0.2) is 0 Å². The van der Waals surface area contributed by atoms with Crippen molar-refractivity contribution in [3.63, 3.8) is 0 Å². The molecule has 0 fully saturated rings. The molecule has 1 N–H and O–H groups in total. The maximum atomic E-state index is 13.9. The number of halogens is 3. The normalized spacial score (nSPS) is 11.2. The van der Waals surface area contributed by atoms with E-state index in [4.69, 9.17) is 0 Å². The van der Waals surface area contributed by atoms with Gasteiger partial charge in [0, 0.05) is 29.2 Å². The lowest BCUT2D eigenvalue weighted by atomic mass is 10.1. The van der Waals surface area contributed by atoms with Crippen molar-refractivity contribution < 1.29 is 22.0 Å². The summed E-state index contributed by atoms with van der Waals surface area (Å²) in [4.78, 5) is 13.8. The van der Waals surface area contributed by atoms with Gasteiger partial charge in [0.25, 0.3) is 15.9 Å². The van der Waals surface area contributed by atoms with Crippen molar-refractivity contribution in [1.29, 1.82) is 0 Å². The molecule has 1 amide bonds. The van der Waals surface area contributed by atoms with Crippen LogP contribution >= 0.6 is 15.9 Å². The van der Waals surface area contributed by atoms with Crippen LogP contribution in [-0.2, 0) is 16.6 Å². The Bertz CT molecular complexity index is 1190. The van der Waals surface area contributed by atoms with Gasteiger partial charge in [-0.1, -0.05) is 28.1 Å². The molecule has 0 aliphatic carbocycles. The highest BCUT2D eigenvalue weighted by atomic mass is 79.9. The van der Waals surface area contributed by atoms with Crippen LogP contribution in [0.3, 0.4) is 0 Å². The summed E-state index contributed by atoms with van der Waals surface area (Å²) >= 11 is 3.27. The van der Waals surface area contributed by atoms with Crippen molar-refractivity contribution in [2.24, 2.45) is 0 Å². The van der Waals surface area contributed by atoms with Gasteiger partial charge in [-0.25, -0.2) is 17.2 Å². The zero-order chi connectivity index (χ0) is 21.9. The van der Waals surface area contributed by atoms with Crippen molar-refractivity contribution in [3.8, 4) is 0 Å². The van der Waals surface area contributed by atoms with Gasteiger partial charge in [-0.2, -0.15) is 0 Å². The summed E-state index contributed by atoms with van der Waals surface area (Å²) in [6, 6.07) is 15.1. The van der Waals surface area contributed by atoms with E-state index in [1.54, 1.807) is 12.1 Å². The van der Waals surface area contributed by atoms with E-state index in [0.717, 1.165) is 6.07 Å². The number of nitrogens with one attached hydrogen (secondary N) is 1. The molecular formula is C21H17BrF2N2O3S. The number of carbonyl (C=O) groups is 1. The number of hydrogen-bond acceptors (Lipinski definition) is 3. The molecule has 3 aromatic carbocycles. The molecular weight excluding hydrogens is 478 g/mol. The van der Waals surface area contributed by atoms with Crippen LogP contribution in [-0.4, -0.2) is 26.3 Å². The van der Waals surface area contributed by atoms with E-state index in [1.807, 2.05) is 0 Å². The molecule has 0 saturated carbocycles. The van der Waals surface area contributed by atoms with Crippen LogP contribution in [0.5, 0.6) is 0 Å². The Morgan fingerprint density at radius 3 is 2.33 bits per heavy atom. The van der Waals surface area contributed by atoms with Crippen LogP contribution in [0, 0.1) is 11.6 Å². The van der Waals surface area contributed by atoms with Gasteiger partial charge in [0.05, 0.1) is 10.6 Å². The van der Waals surface area contributed by atoms with E-state index in [2.05, 4.69) is 20.7 Å². The van der Waals surface area contributed by atoms with Gasteiger partial charge in [0.1, 0.15) is 11.6 Å². The molecule has 0 saturated heterocycles. The highest BCUT2D eigenvalue weighted by Gasteiger charge is 2.19. The molecule has 3 rings (SSSR count). The lowest BCUT2D eigenvalue weighted by Crippen LogP contribution is -2.26. The van der Waals surface area contributed by atoms with E-state index in [-0.39, 0.29) is 22.7 Å². The fourth-order valence-electron chi connectivity index (χ4n) is 2.74. The average molecular weight is 495 g/mol. The van der Waals surface area contributed by atoms with Gasteiger partial charge >= 0.3 is 0 Å². The van der Waals surface area contributed by atoms with Crippen molar-refractivity contribution >= 4 is 37.5 Å². The van der Waals surface area contributed by atoms with Crippen LogP contribution < -0.4 is 4.72 Å². The van der Waals surface area contributed by atoms with Crippen LogP contribution in [0.1, 0.15) is 15.9 Å². The van der Waals surface area contributed by atoms with E-state index in [9.17, 15) is 22.0 Å². The monoisotopic (exact) mass is 494 g/mol. The molecule has 0 spiro atoms. The molecule has 156 valence electrons. The molecule has 0 heterocycles. The van der Waals surface area contributed by atoms with E-state index >= 15 is 0 Å². The largest absolute Gasteiger partial charge is 0.337 e. The SMILES string of the molecule is CN(Cc1cc(Br)ccc1F)C(=O)c1ccc(S(=O)(=O)Nc2ccccc2F)cc1. The predicted molar refractivity (Wildman–Crippen MR) is 114 cm³/mol. The Morgan fingerprint density at radius 1 is 1.00 bits per heavy atom. The fourth-order valence-corrected chi connectivity index (χ4v) is 4.21. The van der Waals surface area contributed by atoms with Crippen molar-refractivity contribution in [3.05, 3.63) is 94.0 Å². The molecule has 5 nitrogen and oxygen atoms in total. The Morgan fingerprint density at radius 2 is 1.67 bits per heavy atom. The number of benzene rings is 3. The summed E-state index contributed by atoms with van der Waals surface area (Å²) in [5.41, 5.74) is 0.402. The molecule has 9 heteroatoms. The molecule has 3 aromatic rings. The van der Waals surface area contributed by atoms with Gasteiger partial charge in [-0.15, -0.1) is 0 Å². The quantitative estimate of drug-likeness (QED) is 0.535. The Labute approximate surface area is 181 Å². The summed E-state index contributed by atoms with van der Waals surface area (Å²) < 4.78 is 55.4. The van der Waals surface area contributed by atoms with Gasteiger partial charge in [-0.3, -0.25) is 9.52 Å². The number of nitrogens with zero attached hydrogens (tertiary/aromatic N) is 1. The van der Waals surface area contributed by atoms with E-state index in [1.165, 1.54) is 60.5 Å². The number of carbonyl (C=O) groups excluding carboxylic acids is 1. The third-order valence-electron chi connectivity index (χ3n) is 4.29. The highest BCUT2D eigenvalue weighted by Crippen LogP contribution is 2.21. The average Bonchev–Trinajstić information content (AvgIpc) is 2.72. The van der Waals surface area contributed by atoms with E-state index < -0.39 is 27.6 Å². The van der Waals surface area contributed by atoms with Crippen LogP contribution in [0.2, 0.25) is 0 Å². The molecule has 0 atom stereocenters. The second-order valence-corrected chi connectivity index (χ2v) is 9.10. The lowest BCUT2D eigenvalue weighted by Gasteiger charge is -2.18. The van der Waals surface area contributed by atoms with Gasteiger partial charge in [-0.05, 0) is 54.6 Å². The molecule has 0 unspecified atom stereocenters. The standard InChI is InChI=1S/C21H17BrF2N2O3S/c1-26(13-15-12-16(22)8-11-18(15)23)21(27)14-6-9-17(10-7-14)30(28,29)25-20-5-3-2-4-19(20)24/h2-12,25H,13H2,1H3. The van der Waals surface area contributed by atoms with E-state index in [0.29, 0.717) is 10.0 Å². The zero-order valence-corrected chi connectivity index (χ0v) is 18.2. The number of amides is 1. The first-order chi connectivity index (χ1) is 14.2. The number of rotatable bonds is 6. The van der Waals surface area contributed by atoms with Crippen LogP contribution in [0.4, 0.5) is 14.5 Å². The lowest BCUT2D eigenvalue weighted by molar-refractivity contribution is 0.0783. The molecule has 0 aliphatic rings. The molecule has 0 radical (unpaired) electrons. The van der Waals surface area contributed by atoms with Crippen LogP contribution in [0.25, 0.3) is 0 Å². The van der Waals surface area contributed by atoms with Crippen LogP contribution in [0.15, 0.2) is 76.1 Å². The zero-order valence-electron chi connectivity index (χ0n) is 15.8. The molecule has 0 bridgehead atoms. The highest BCUT2D eigenvalue weighted by molar-refractivity contribution is 9.10. The number of sulfonamides is 1. The maximum absolute atomic E-state index is 13.9. The van der Waals surface area contributed by atoms with Gasteiger partial charge in [0.2, 0.25) is 0 Å². The minimum atomic E-state index is -4.03. The topological polar surface area (TPSA) is 66.5 Å². The summed E-state index contributed by atoms with van der Waals surface area (Å²) in [7, 11) is -2.51. The predicted octanol–water partition coefficient (Wildman–Crippen LogP) is 4.80. The Hall–Kier alpha value is -2.78. The second-order valence-electron chi connectivity index (χ2n) is 6.51. The first-order valence-corrected chi connectivity index (χ1v) is 11.0. The minimum absolute atomic E-state index is 0.0407. The van der Waals surface area contributed by atoms with Crippen molar-refractivity contribution in [1.82, 2.24) is 4.90 Å². The molecule has 0 aliphatic heterocycles. The second kappa shape index (κ2) is 8.93. The summed E-state index contributed by atoms with van der Waals surface area (Å²) in [5, 5.41) is 0. The van der Waals surface area contributed by atoms with Crippen molar-refractivity contribution in [2.75, 3.05) is 11.8 Å². The summed E-state index contributed by atoms with van der Waals surface area (Å²) in [6.07, 6.45) is 0. The Kier molecular flexibility index (Phi) is 6.52. The molecule has 0 aromatic heterocycles. The number of hydrogen-bond donors (Lipinski definition) is 1. The molecule has 30 heavy (non-hydrogen) atoms. The summed E-state index contributed by atoms with van der Waals surface area (Å²) in [5.74, 6) is -1.53. The number of para-hydroxylation sites is 1. The van der Waals surface area contributed by atoms with Gasteiger partial charge < -0.3 is 4.90 Å². The fraction of sp³-hybridized carbons (Fsp3) is 0.0952. The summed E-state index contributed by atoms with van der Waals surface area (Å²) in [6.45, 7) is 0.0407. The van der Waals surface area contributed by atoms with Crippen molar-refractivity contribution in [2.45, 2.75) is 11.4 Å². The minimum Gasteiger partial charge on any atom is -0.337 e. The third kappa shape index (κ3) is 5.03. The maximum Gasteiger partial charge on any atom is 0.261 e. The first-order valence-electron chi connectivity index (χ1n) is 8.74. The first kappa shape index (κ1) is 21.9.